The van der Waals surface area contributed by atoms with Gasteiger partial charge in [-0.25, -0.2) is 0 Å². The van der Waals surface area contributed by atoms with Crippen LogP contribution in [-0.4, -0.2) is 30.6 Å². The number of aromatic nitrogens is 1. The van der Waals surface area contributed by atoms with Crippen LogP contribution in [0.15, 0.2) is 18.3 Å². The highest BCUT2D eigenvalue weighted by molar-refractivity contribution is 5.91. The van der Waals surface area contributed by atoms with Gasteiger partial charge in [0.1, 0.15) is 5.69 Å². The summed E-state index contributed by atoms with van der Waals surface area (Å²) in [5.74, 6) is -0.529. The fraction of sp³-hybridized carbons (Fsp3) is 0.400. The summed E-state index contributed by atoms with van der Waals surface area (Å²) in [6, 6.07) is 3.39. The van der Waals surface area contributed by atoms with E-state index in [0.29, 0.717) is 6.54 Å². The number of ether oxygens (including phenoxy) is 1. The Kier molecular flexibility index (Phi) is 4.05. The number of primary amides is 1. The lowest BCUT2D eigenvalue weighted by Crippen LogP contribution is -2.19. The molecule has 0 aliphatic rings. The van der Waals surface area contributed by atoms with Crippen molar-refractivity contribution in [3.63, 3.8) is 0 Å². The minimum Gasteiger partial charge on any atom is -0.382 e. The second-order valence-corrected chi connectivity index (χ2v) is 3.22. The zero-order valence-electron chi connectivity index (χ0n) is 8.86. The van der Waals surface area contributed by atoms with Gasteiger partial charge < -0.3 is 15.8 Å². The molecule has 0 bridgehead atoms. The highest BCUT2D eigenvalue weighted by Gasteiger charge is 2.03. The number of anilines is 1. The first-order chi connectivity index (χ1) is 7.13. The minimum atomic E-state index is -0.529. The number of nitrogens with one attached hydrogen (secondary N) is 1. The summed E-state index contributed by atoms with van der Waals surface area (Å²) in [5, 5.41) is 3.12. The van der Waals surface area contributed by atoms with Gasteiger partial charge in [0.15, 0.2) is 0 Å². The standard InChI is InChI=1S/C10H15N3O2/c1-7(15-2)6-13-8-3-4-12-9(5-8)10(11)14/h3-5,7H,6H2,1-2H3,(H2,11,14)(H,12,13). The number of hydrogen-bond acceptors (Lipinski definition) is 4. The van der Waals surface area contributed by atoms with E-state index in [1.165, 1.54) is 0 Å². The number of carbonyl (C=O) groups excluding carboxylic acids is 1. The lowest BCUT2D eigenvalue weighted by molar-refractivity contribution is 0.0995. The second-order valence-electron chi connectivity index (χ2n) is 3.22. The zero-order valence-corrected chi connectivity index (χ0v) is 8.86. The third-order valence-corrected chi connectivity index (χ3v) is 2.01. The van der Waals surface area contributed by atoms with E-state index in [1.54, 1.807) is 25.4 Å². The first-order valence-electron chi connectivity index (χ1n) is 4.66. The van der Waals surface area contributed by atoms with E-state index >= 15 is 0 Å². The minimum absolute atomic E-state index is 0.107. The Bertz CT molecular complexity index is 341. The van der Waals surface area contributed by atoms with Gasteiger partial charge in [0.2, 0.25) is 0 Å². The third-order valence-electron chi connectivity index (χ3n) is 2.01. The highest BCUT2D eigenvalue weighted by Crippen LogP contribution is 2.07. The number of hydrogen-bond donors (Lipinski definition) is 2. The molecule has 0 aliphatic heterocycles. The largest absolute Gasteiger partial charge is 0.382 e. The van der Waals surface area contributed by atoms with Crippen molar-refractivity contribution in [1.29, 1.82) is 0 Å². The lowest BCUT2D eigenvalue weighted by atomic mass is 10.3. The second kappa shape index (κ2) is 5.31. The van der Waals surface area contributed by atoms with Crippen LogP contribution >= 0.6 is 0 Å². The van der Waals surface area contributed by atoms with Crippen molar-refractivity contribution < 1.29 is 9.53 Å². The van der Waals surface area contributed by atoms with Crippen LogP contribution in [0.2, 0.25) is 0 Å². The van der Waals surface area contributed by atoms with Gasteiger partial charge in [-0.05, 0) is 19.1 Å². The van der Waals surface area contributed by atoms with E-state index in [9.17, 15) is 4.79 Å². The van der Waals surface area contributed by atoms with Gasteiger partial charge in [0, 0.05) is 25.5 Å². The van der Waals surface area contributed by atoms with E-state index in [2.05, 4.69) is 10.3 Å². The maximum Gasteiger partial charge on any atom is 0.267 e. The highest BCUT2D eigenvalue weighted by atomic mass is 16.5. The average Bonchev–Trinajstić information content (AvgIpc) is 2.26. The van der Waals surface area contributed by atoms with E-state index in [4.69, 9.17) is 10.5 Å². The van der Waals surface area contributed by atoms with Crippen LogP contribution in [0, 0.1) is 0 Å². The molecule has 5 nitrogen and oxygen atoms in total. The van der Waals surface area contributed by atoms with Crippen molar-refractivity contribution in [3.05, 3.63) is 24.0 Å². The first kappa shape index (κ1) is 11.5. The normalized spacial score (nSPS) is 12.1. The summed E-state index contributed by atoms with van der Waals surface area (Å²) in [5.41, 5.74) is 6.17. The number of rotatable bonds is 5. The van der Waals surface area contributed by atoms with E-state index in [-0.39, 0.29) is 11.8 Å². The maximum absolute atomic E-state index is 10.9. The molecule has 0 saturated heterocycles. The van der Waals surface area contributed by atoms with Gasteiger partial charge in [-0.3, -0.25) is 9.78 Å². The Labute approximate surface area is 88.6 Å². The number of amides is 1. The smallest absolute Gasteiger partial charge is 0.267 e. The molecule has 0 aliphatic carbocycles. The Morgan fingerprint density at radius 2 is 2.47 bits per heavy atom. The van der Waals surface area contributed by atoms with E-state index in [1.807, 2.05) is 6.92 Å². The molecular formula is C10H15N3O2. The van der Waals surface area contributed by atoms with E-state index < -0.39 is 5.91 Å². The van der Waals surface area contributed by atoms with Crippen LogP contribution in [0.4, 0.5) is 5.69 Å². The van der Waals surface area contributed by atoms with Crippen LogP contribution in [-0.2, 0) is 4.74 Å². The quantitative estimate of drug-likeness (QED) is 0.745. The monoisotopic (exact) mass is 209 g/mol. The van der Waals surface area contributed by atoms with Crippen molar-refractivity contribution in [1.82, 2.24) is 4.98 Å². The summed E-state index contributed by atoms with van der Waals surface area (Å²) < 4.78 is 5.08. The van der Waals surface area contributed by atoms with Crippen molar-refractivity contribution in [2.45, 2.75) is 13.0 Å². The molecule has 1 atom stereocenters. The van der Waals surface area contributed by atoms with Gasteiger partial charge in [0.25, 0.3) is 5.91 Å². The number of nitrogens with two attached hydrogens (primary N) is 1. The summed E-state index contributed by atoms with van der Waals surface area (Å²) in [6.07, 6.45) is 1.65. The van der Waals surface area contributed by atoms with Gasteiger partial charge in [-0.2, -0.15) is 0 Å². The van der Waals surface area contributed by atoms with Crippen LogP contribution in [0.3, 0.4) is 0 Å². The summed E-state index contributed by atoms with van der Waals surface area (Å²) in [4.78, 5) is 14.7. The number of carbonyl (C=O) groups is 1. The van der Waals surface area contributed by atoms with Gasteiger partial charge in [-0.15, -0.1) is 0 Å². The topological polar surface area (TPSA) is 77.2 Å². The molecule has 5 heteroatoms. The molecule has 0 saturated carbocycles. The molecule has 15 heavy (non-hydrogen) atoms. The summed E-state index contributed by atoms with van der Waals surface area (Å²) in [6.45, 7) is 2.61. The molecule has 0 fully saturated rings. The lowest BCUT2D eigenvalue weighted by Gasteiger charge is -2.11. The van der Waals surface area contributed by atoms with E-state index in [0.717, 1.165) is 5.69 Å². The Morgan fingerprint density at radius 1 is 1.73 bits per heavy atom. The van der Waals surface area contributed by atoms with Crippen molar-refractivity contribution >= 4 is 11.6 Å². The summed E-state index contributed by atoms with van der Waals surface area (Å²) >= 11 is 0. The molecule has 82 valence electrons. The predicted molar refractivity (Wildman–Crippen MR) is 57.7 cm³/mol. The van der Waals surface area contributed by atoms with Crippen molar-refractivity contribution in [3.8, 4) is 0 Å². The van der Waals surface area contributed by atoms with Gasteiger partial charge in [0.05, 0.1) is 6.10 Å². The molecule has 1 heterocycles. The van der Waals surface area contributed by atoms with Crippen LogP contribution in [0.25, 0.3) is 0 Å². The van der Waals surface area contributed by atoms with Crippen LogP contribution < -0.4 is 11.1 Å². The van der Waals surface area contributed by atoms with Crippen molar-refractivity contribution in [2.24, 2.45) is 5.73 Å². The number of nitrogens with zero attached hydrogens (tertiary/aromatic N) is 1. The number of methoxy groups -OCH3 is 1. The average molecular weight is 209 g/mol. The van der Waals surface area contributed by atoms with Gasteiger partial charge in [-0.1, -0.05) is 0 Å². The molecule has 0 radical (unpaired) electrons. The first-order valence-corrected chi connectivity index (χ1v) is 4.66. The molecule has 1 aromatic rings. The Balaban J connectivity index is 2.62. The molecule has 1 rings (SSSR count). The van der Waals surface area contributed by atoms with Crippen LogP contribution in [0.5, 0.6) is 0 Å². The third kappa shape index (κ3) is 3.55. The molecule has 1 aromatic heterocycles. The summed E-state index contributed by atoms with van der Waals surface area (Å²) in [7, 11) is 1.65. The Hall–Kier alpha value is -1.62. The fourth-order valence-electron chi connectivity index (χ4n) is 1.02. The Morgan fingerprint density at radius 3 is 3.07 bits per heavy atom. The SMILES string of the molecule is COC(C)CNc1ccnc(C(N)=O)c1. The zero-order chi connectivity index (χ0) is 11.3. The molecular weight excluding hydrogens is 194 g/mol. The predicted octanol–water partition coefficient (Wildman–Crippen LogP) is 0.627. The van der Waals surface area contributed by atoms with Crippen molar-refractivity contribution in [2.75, 3.05) is 19.0 Å². The molecule has 1 amide bonds. The molecule has 3 N–H and O–H groups in total. The number of pyridine rings is 1. The maximum atomic E-state index is 10.9. The molecule has 1 unspecified atom stereocenters. The van der Waals surface area contributed by atoms with Gasteiger partial charge >= 0.3 is 0 Å². The molecule has 0 spiro atoms. The van der Waals surface area contributed by atoms with Crippen LogP contribution in [0.1, 0.15) is 17.4 Å². The fourth-order valence-corrected chi connectivity index (χ4v) is 1.02. The molecule has 0 aromatic carbocycles.